The maximum absolute atomic E-state index is 9.89. The van der Waals surface area contributed by atoms with Crippen molar-refractivity contribution in [1.29, 1.82) is 5.26 Å². The largest absolute Gasteiger partial charge is 0.383 e. The minimum Gasteiger partial charge on any atom is -0.383 e. The van der Waals surface area contributed by atoms with Crippen molar-refractivity contribution in [3.8, 4) is 28.5 Å². The van der Waals surface area contributed by atoms with E-state index in [1.54, 1.807) is 0 Å². The van der Waals surface area contributed by atoms with E-state index in [0.29, 0.717) is 11.4 Å². The molecule has 1 spiro atoms. The summed E-state index contributed by atoms with van der Waals surface area (Å²) >= 11 is 0. The van der Waals surface area contributed by atoms with Crippen molar-refractivity contribution in [2.75, 3.05) is 5.73 Å². The normalized spacial score (nSPS) is 16.8. The van der Waals surface area contributed by atoms with Gasteiger partial charge in [-0.3, -0.25) is 0 Å². The van der Waals surface area contributed by atoms with Gasteiger partial charge in [-0.25, -0.2) is 4.98 Å². The molecule has 0 radical (unpaired) electrons. The minimum absolute atomic E-state index is 0.149. The third-order valence-corrected chi connectivity index (χ3v) is 6.58. The van der Waals surface area contributed by atoms with E-state index in [0.717, 1.165) is 23.2 Å². The molecule has 2 aliphatic carbocycles. The van der Waals surface area contributed by atoms with E-state index in [4.69, 9.17) is 10.7 Å². The Kier molecular flexibility index (Phi) is 3.94. The third-order valence-electron chi connectivity index (χ3n) is 6.58. The Morgan fingerprint density at radius 3 is 2.39 bits per heavy atom. The molecule has 3 aromatic rings. The fourth-order valence-corrected chi connectivity index (χ4v) is 5.33. The van der Waals surface area contributed by atoms with Crippen molar-refractivity contribution in [3.63, 3.8) is 0 Å². The predicted octanol–water partition coefficient (Wildman–Crippen LogP) is 5.63. The number of anilines is 1. The van der Waals surface area contributed by atoms with Crippen LogP contribution in [0.1, 0.15) is 48.8 Å². The lowest BCUT2D eigenvalue weighted by molar-refractivity contribution is 0.288. The van der Waals surface area contributed by atoms with Crippen LogP contribution in [-0.2, 0) is 11.8 Å². The summed E-state index contributed by atoms with van der Waals surface area (Å²) in [5, 5.41) is 9.89. The monoisotopic (exact) mass is 365 g/mol. The van der Waals surface area contributed by atoms with Gasteiger partial charge >= 0.3 is 0 Å². The first-order chi connectivity index (χ1) is 13.7. The molecule has 28 heavy (non-hydrogen) atoms. The van der Waals surface area contributed by atoms with Crippen LogP contribution < -0.4 is 5.73 Å². The molecule has 0 amide bonds. The van der Waals surface area contributed by atoms with Gasteiger partial charge in [0.25, 0.3) is 0 Å². The molecule has 0 saturated heterocycles. The van der Waals surface area contributed by atoms with Crippen LogP contribution in [0.3, 0.4) is 0 Å². The van der Waals surface area contributed by atoms with Gasteiger partial charge in [0, 0.05) is 16.5 Å². The highest BCUT2D eigenvalue weighted by atomic mass is 14.9. The molecule has 1 aromatic heterocycles. The maximum atomic E-state index is 9.89. The number of nitrogen functional groups attached to an aromatic ring is 1. The van der Waals surface area contributed by atoms with Gasteiger partial charge < -0.3 is 5.73 Å². The Bertz CT molecular complexity index is 1090. The fraction of sp³-hybridized carbons (Fsp3) is 0.280. The molecular weight excluding hydrogens is 342 g/mol. The average molecular weight is 365 g/mol. The van der Waals surface area contributed by atoms with Crippen molar-refractivity contribution < 1.29 is 0 Å². The Morgan fingerprint density at radius 1 is 0.929 bits per heavy atom. The number of nitrogens with zero attached hydrogens (tertiary/aromatic N) is 2. The van der Waals surface area contributed by atoms with E-state index in [9.17, 15) is 5.26 Å². The summed E-state index contributed by atoms with van der Waals surface area (Å²) in [6, 6.07) is 21.2. The molecule has 1 saturated carbocycles. The molecule has 1 fully saturated rings. The van der Waals surface area contributed by atoms with E-state index in [-0.39, 0.29) is 5.41 Å². The van der Waals surface area contributed by atoms with Gasteiger partial charge in [-0.1, -0.05) is 73.9 Å². The van der Waals surface area contributed by atoms with Crippen LogP contribution in [0, 0.1) is 11.3 Å². The maximum Gasteiger partial charge on any atom is 0.142 e. The number of rotatable bonds is 1. The van der Waals surface area contributed by atoms with Gasteiger partial charge in [-0.15, -0.1) is 0 Å². The highest BCUT2D eigenvalue weighted by molar-refractivity contribution is 5.87. The molecule has 5 rings (SSSR count). The van der Waals surface area contributed by atoms with Crippen molar-refractivity contribution in [2.45, 2.75) is 43.9 Å². The third kappa shape index (κ3) is 2.45. The average Bonchev–Trinajstić information content (AvgIpc) is 2.75. The van der Waals surface area contributed by atoms with Gasteiger partial charge in [0.15, 0.2) is 0 Å². The summed E-state index contributed by atoms with van der Waals surface area (Å²) in [6.07, 6.45) is 7.17. The standard InChI is InChI=1S/C25H23N3/c26-16-20-22(17-9-3-1-4-10-17)19-15-25(13-7-2-8-14-25)21-12-6-5-11-18(21)23(19)28-24(20)27/h1,3-6,9-12H,2,7-8,13-15H2,(H2,27,28). The first kappa shape index (κ1) is 17.0. The lowest BCUT2D eigenvalue weighted by Gasteiger charge is -2.43. The van der Waals surface area contributed by atoms with Gasteiger partial charge in [0.1, 0.15) is 17.5 Å². The SMILES string of the molecule is N#Cc1c(N)nc2c(c1-c1ccccc1)CC1(CCCCC1)c1ccccc1-2. The second kappa shape index (κ2) is 6.49. The molecule has 0 bridgehead atoms. The molecule has 138 valence electrons. The van der Waals surface area contributed by atoms with Crippen LogP contribution in [0.25, 0.3) is 22.4 Å². The van der Waals surface area contributed by atoms with Crippen LogP contribution in [0.5, 0.6) is 0 Å². The molecule has 3 heteroatoms. The summed E-state index contributed by atoms with van der Waals surface area (Å²) in [7, 11) is 0. The number of benzene rings is 2. The van der Waals surface area contributed by atoms with Gasteiger partial charge in [0.2, 0.25) is 0 Å². The number of nitrogens with two attached hydrogens (primary N) is 1. The van der Waals surface area contributed by atoms with Crippen molar-refractivity contribution in [2.24, 2.45) is 0 Å². The predicted molar refractivity (Wildman–Crippen MR) is 113 cm³/mol. The molecule has 2 aromatic carbocycles. The zero-order valence-electron chi connectivity index (χ0n) is 15.9. The zero-order valence-corrected chi connectivity index (χ0v) is 15.9. The zero-order chi connectivity index (χ0) is 19.1. The molecular formula is C25H23N3. The first-order valence-corrected chi connectivity index (χ1v) is 10.1. The van der Waals surface area contributed by atoms with Crippen molar-refractivity contribution in [3.05, 3.63) is 71.3 Å². The van der Waals surface area contributed by atoms with Gasteiger partial charge in [0.05, 0.1) is 5.69 Å². The second-order valence-electron chi connectivity index (χ2n) is 8.12. The number of pyridine rings is 1. The number of hydrogen-bond acceptors (Lipinski definition) is 3. The summed E-state index contributed by atoms with van der Waals surface area (Å²) in [5.74, 6) is 0.328. The van der Waals surface area contributed by atoms with Crippen LogP contribution >= 0.6 is 0 Å². The van der Waals surface area contributed by atoms with E-state index < -0.39 is 0 Å². The molecule has 0 atom stereocenters. The van der Waals surface area contributed by atoms with E-state index in [1.807, 2.05) is 18.2 Å². The van der Waals surface area contributed by atoms with Crippen LogP contribution in [0.2, 0.25) is 0 Å². The number of hydrogen-bond donors (Lipinski definition) is 1. The minimum atomic E-state index is 0.149. The van der Waals surface area contributed by atoms with E-state index in [2.05, 4.69) is 42.5 Å². The van der Waals surface area contributed by atoms with Gasteiger partial charge in [-0.2, -0.15) is 5.26 Å². The summed E-state index contributed by atoms with van der Waals surface area (Å²) < 4.78 is 0. The van der Waals surface area contributed by atoms with Crippen LogP contribution in [-0.4, -0.2) is 4.98 Å². The van der Waals surface area contributed by atoms with Crippen molar-refractivity contribution in [1.82, 2.24) is 4.98 Å². The topological polar surface area (TPSA) is 62.7 Å². The van der Waals surface area contributed by atoms with E-state index in [1.165, 1.54) is 48.8 Å². The summed E-state index contributed by atoms with van der Waals surface area (Å²) in [6.45, 7) is 0. The van der Waals surface area contributed by atoms with Gasteiger partial charge in [-0.05, 0) is 36.0 Å². The number of fused-ring (bicyclic) bond motifs is 4. The Hall–Kier alpha value is -3.12. The smallest absolute Gasteiger partial charge is 0.142 e. The second-order valence-corrected chi connectivity index (χ2v) is 8.12. The van der Waals surface area contributed by atoms with Crippen molar-refractivity contribution >= 4 is 5.82 Å². The van der Waals surface area contributed by atoms with Crippen LogP contribution in [0.4, 0.5) is 5.82 Å². The van der Waals surface area contributed by atoms with Crippen LogP contribution in [0.15, 0.2) is 54.6 Å². The quantitative estimate of drug-likeness (QED) is 0.608. The Balaban J connectivity index is 1.85. The summed E-state index contributed by atoms with van der Waals surface area (Å²) in [4.78, 5) is 4.75. The Labute approximate surface area is 165 Å². The number of nitriles is 1. The first-order valence-electron chi connectivity index (χ1n) is 10.1. The lowest BCUT2D eigenvalue weighted by atomic mass is 9.61. The van der Waals surface area contributed by atoms with E-state index >= 15 is 0 Å². The lowest BCUT2D eigenvalue weighted by Crippen LogP contribution is -2.35. The summed E-state index contributed by atoms with van der Waals surface area (Å²) in [5.41, 5.74) is 13.7. The molecule has 3 nitrogen and oxygen atoms in total. The Morgan fingerprint density at radius 2 is 1.64 bits per heavy atom. The molecule has 2 aliphatic rings. The molecule has 0 aliphatic heterocycles. The molecule has 2 N–H and O–H groups in total. The fourth-order valence-electron chi connectivity index (χ4n) is 5.33. The highest BCUT2D eigenvalue weighted by Crippen LogP contribution is 2.52. The highest BCUT2D eigenvalue weighted by Gasteiger charge is 2.41. The molecule has 1 heterocycles. The molecule has 0 unspecified atom stereocenters. The number of aromatic nitrogens is 1.